The van der Waals surface area contributed by atoms with Crippen molar-refractivity contribution in [1.29, 1.82) is 0 Å². The third-order valence-corrected chi connectivity index (χ3v) is 4.23. The Bertz CT molecular complexity index is 305. The van der Waals surface area contributed by atoms with Crippen molar-refractivity contribution in [2.24, 2.45) is 5.73 Å². The van der Waals surface area contributed by atoms with Crippen LogP contribution in [0.3, 0.4) is 0 Å². The van der Waals surface area contributed by atoms with E-state index in [2.05, 4.69) is 36.3 Å². The molecular formula is C12H20N2S. The molecule has 1 unspecified atom stereocenters. The van der Waals surface area contributed by atoms with Crippen molar-refractivity contribution in [3.05, 3.63) is 22.4 Å². The maximum absolute atomic E-state index is 6.04. The van der Waals surface area contributed by atoms with Gasteiger partial charge in [0.1, 0.15) is 0 Å². The minimum atomic E-state index is 0.305. The van der Waals surface area contributed by atoms with Gasteiger partial charge in [-0.3, -0.25) is 4.90 Å². The number of rotatable bonds is 2. The van der Waals surface area contributed by atoms with Gasteiger partial charge in [0.15, 0.2) is 0 Å². The van der Waals surface area contributed by atoms with Crippen molar-refractivity contribution in [2.75, 3.05) is 6.54 Å². The lowest BCUT2D eigenvalue weighted by Crippen LogP contribution is -2.53. The molecule has 1 aliphatic rings. The first-order chi connectivity index (χ1) is 7.08. The molecule has 1 aromatic heterocycles. The predicted molar refractivity (Wildman–Crippen MR) is 66.0 cm³/mol. The Hall–Kier alpha value is -0.380. The Morgan fingerprint density at radius 1 is 1.60 bits per heavy atom. The van der Waals surface area contributed by atoms with E-state index in [1.165, 1.54) is 11.3 Å². The van der Waals surface area contributed by atoms with Crippen LogP contribution in [0.5, 0.6) is 0 Å². The molecule has 1 atom stereocenters. The average molecular weight is 224 g/mol. The van der Waals surface area contributed by atoms with E-state index in [9.17, 15) is 0 Å². The van der Waals surface area contributed by atoms with Crippen molar-refractivity contribution in [1.82, 2.24) is 4.90 Å². The van der Waals surface area contributed by atoms with Crippen molar-refractivity contribution in [2.45, 2.75) is 44.8 Å². The Morgan fingerprint density at radius 3 is 3.07 bits per heavy atom. The SMILES string of the molecule is CC1(C)CCC(N)CN1Cc1cccs1. The predicted octanol–water partition coefficient (Wildman–Crippen LogP) is 2.45. The lowest BCUT2D eigenvalue weighted by atomic mass is 9.88. The van der Waals surface area contributed by atoms with E-state index in [4.69, 9.17) is 5.73 Å². The molecule has 1 aromatic rings. The summed E-state index contributed by atoms with van der Waals surface area (Å²) in [5.41, 5.74) is 6.34. The standard InChI is InChI=1S/C12H20N2S/c1-12(2)6-5-10(13)8-14(12)9-11-4-3-7-15-11/h3-4,7,10H,5-6,8-9,13H2,1-2H3. The van der Waals surface area contributed by atoms with Gasteiger partial charge in [-0.15, -0.1) is 11.3 Å². The van der Waals surface area contributed by atoms with Crippen molar-refractivity contribution in [3.63, 3.8) is 0 Å². The molecule has 15 heavy (non-hydrogen) atoms. The van der Waals surface area contributed by atoms with E-state index in [1.807, 2.05) is 11.3 Å². The molecule has 2 rings (SSSR count). The summed E-state index contributed by atoms with van der Waals surface area (Å²) in [4.78, 5) is 3.96. The normalized spacial score (nSPS) is 26.7. The lowest BCUT2D eigenvalue weighted by Gasteiger charge is -2.44. The zero-order valence-corrected chi connectivity index (χ0v) is 10.4. The van der Waals surface area contributed by atoms with E-state index in [0.717, 1.165) is 19.5 Å². The molecular weight excluding hydrogens is 204 g/mol. The zero-order chi connectivity index (χ0) is 10.9. The van der Waals surface area contributed by atoms with E-state index in [-0.39, 0.29) is 0 Å². The molecule has 2 heterocycles. The number of hydrogen-bond acceptors (Lipinski definition) is 3. The summed E-state index contributed by atoms with van der Waals surface area (Å²) in [6, 6.07) is 4.69. The third kappa shape index (κ3) is 2.60. The van der Waals surface area contributed by atoms with Gasteiger partial charge in [-0.1, -0.05) is 6.07 Å². The number of nitrogens with two attached hydrogens (primary N) is 1. The molecule has 1 aliphatic heterocycles. The number of nitrogens with zero attached hydrogens (tertiary/aromatic N) is 1. The first-order valence-corrected chi connectivity index (χ1v) is 6.49. The Kier molecular flexibility index (Phi) is 3.14. The third-order valence-electron chi connectivity index (χ3n) is 3.36. The van der Waals surface area contributed by atoms with E-state index >= 15 is 0 Å². The van der Waals surface area contributed by atoms with Crippen molar-refractivity contribution >= 4 is 11.3 Å². The highest BCUT2D eigenvalue weighted by molar-refractivity contribution is 7.09. The topological polar surface area (TPSA) is 29.3 Å². The zero-order valence-electron chi connectivity index (χ0n) is 9.57. The van der Waals surface area contributed by atoms with Crippen LogP contribution in [0.15, 0.2) is 17.5 Å². The first-order valence-electron chi connectivity index (χ1n) is 5.61. The van der Waals surface area contributed by atoms with Gasteiger partial charge in [-0.2, -0.15) is 0 Å². The second-order valence-corrected chi connectivity index (χ2v) is 6.10. The maximum Gasteiger partial charge on any atom is 0.0333 e. The fourth-order valence-electron chi connectivity index (χ4n) is 2.19. The van der Waals surface area contributed by atoms with Gasteiger partial charge in [0.2, 0.25) is 0 Å². The highest BCUT2D eigenvalue weighted by Gasteiger charge is 2.32. The summed E-state index contributed by atoms with van der Waals surface area (Å²) in [7, 11) is 0. The van der Waals surface area contributed by atoms with Gasteiger partial charge in [0, 0.05) is 29.5 Å². The molecule has 2 nitrogen and oxygen atoms in total. The number of likely N-dealkylation sites (tertiary alicyclic amines) is 1. The molecule has 0 spiro atoms. The summed E-state index contributed by atoms with van der Waals surface area (Å²) < 4.78 is 0. The second-order valence-electron chi connectivity index (χ2n) is 5.07. The maximum atomic E-state index is 6.04. The molecule has 1 saturated heterocycles. The van der Waals surface area contributed by atoms with Gasteiger partial charge in [-0.25, -0.2) is 0 Å². The quantitative estimate of drug-likeness (QED) is 0.836. The van der Waals surface area contributed by atoms with Gasteiger partial charge < -0.3 is 5.73 Å². The highest BCUT2D eigenvalue weighted by Crippen LogP contribution is 2.29. The fraction of sp³-hybridized carbons (Fsp3) is 0.667. The van der Waals surface area contributed by atoms with Crippen LogP contribution >= 0.6 is 11.3 Å². The summed E-state index contributed by atoms with van der Waals surface area (Å²) in [6.07, 6.45) is 2.37. The molecule has 1 fully saturated rings. The Morgan fingerprint density at radius 2 is 2.40 bits per heavy atom. The molecule has 84 valence electrons. The molecule has 0 radical (unpaired) electrons. The number of thiophene rings is 1. The number of hydrogen-bond donors (Lipinski definition) is 1. The van der Waals surface area contributed by atoms with Crippen molar-refractivity contribution < 1.29 is 0 Å². The summed E-state index contributed by atoms with van der Waals surface area (Å²) in [5, 5.41) is 2.15. The fourth-order valence-corrected chi connectivity index (χ4v) is 2.91. The smallest absolute Gasteiger partial charge is 0.0333 e. The van der Waals surface area contributed by atoms with Crippen LogP contribution in [0.2, 0.25) is 0 Å². The molecule has 0 bridgehead atoms. The lowest BCUT2D eigenvalue weighted by molar-refractivity contribution is 0.0595. The van der Waals surface area contributed by atoms with Gasteiger partial charge >= 0.3 is 0 Å². The van der Waals surface area contributed by atoms with Crippen molar-refractivity contribution in [3.8, 4) is 0 Å². The van der Waals surface area contributed by atoms with Gasteiger partial charge in [-0.05, 0) is 38.1 Å². The highest BCUT2D eigenvalue weighted by atomic mass is 32.1. The first kappa shape index (κ1) is 11.1. The molecule has 0 aromatic carbocycles. The molecule has 0 amide bonds. The van der Waals surface area contributed by atoms with Crippen LogP contribution in [-0.2, 0) is 6.54 Å². The van der Waals surface area contributed by atoms with Crippen LogP contribution in [-0.4, -0.2) is 23.0 Å². The van der Waals surface area contributed by atoms with Gasteiger partial charge in [0.25, 0.3) is 0 Å². The Labute approximate surface area is 96.1 Å². The Balaban J connectivity index is 2.05. The molecule has 0 aliphatic carbocycles. The van der Waals surface area contributed by atoms with Crippen LogP contribution < -0.4 is 5.73 Å². The van der Waals surface area contributed by atoms with Crippen LogP contribution in [0.1, 0.15) is 31.6 Å². The summed E-state index contributed by atoms with van der Waals surface area (Å²) in [6.45, 7) is 6.74. The molecule has 3 heteroatoms. The van der Waals surface area contributed by atoms with E-state index < -0.39 is 0 Å². The molecule has 2 N–H and O–H groups in total. The second kappa shape index (κ2) is 4.24. The summed E-state index contributed by atoms with van der Waals surface area (Å²) >= 11 is 1.84. The summed E-state index contributed by atoms with van der Waals surface area (Å²) in [5.74, 6) is 0. The van der Waals surface area contributed by atoms with E-state index in [1.54, 1.807) is 0 Å². The monoisotopic (exact) mass is 224 g/mol. The minimum Gasteiger partial charge on any atom is -0.327 e. The van der Waals surface area contributed by atoms with E-state index in [0.29, 0.717) is 11.6 Å². The minimum absolute atomic E-state index is 0.305. The van der Waals surface area contributed by atoms with Crippen LogP contribution in [0.4, 0.5) is 0 Å². The molecule has 0 saturated carbocycles. The number of piperidine rings is 1. The average Bonchev–Trinajstić information content (AvgIpc) is 2.65. The van der Waals surface area contributed by atoms with Gasteiger partial charge in [0.05, 0.1) is 0 Å². The van der Waals surface area contributed by atoms with Crippen LogP contribution in [0.25, 0.3) is 0 Å². The van der Waals surface area contributed by atoms with Crippen LogP contribution in [0, 0.1) is 0 Å². The largest absolute Gasteiger partial charge is 0.327 e.